The molecule has 7 heteroatoms. The number of carboxylic acids is 1. The lowest BCUT2D eigenvalue weighted by Gasteiger charge is -2.17. The molecule has 19 heavy (non-hydrogen) atoms. The van der Waals surface area contributed by atoms with Crippen molar-refractivity contribution in [1.82, 2.24) is 10.4 Å². The van der Waals surface area contributed by atoms with Crippen LogP contribution in [-0.2, 0) is 9.59 Å². The normalized spacial score (nSPS) is 18.5. The van der Waals surface area contributed by atoms with Crippen LogP contribution in [0.15, 0.2) is 24.3 Å². The molecule has 100 valence electrons. The third-order valence-corrected chi connectivity index (χ3v) is 2.83. The highest BCUT2D eigenvalue weighted by Gasteiger charge is 2.35. The molecule has 1 heterocycles. The van der Waals surface area contributed by atoms with Gasteiger partial charge in [-0.25, -0.2) is 4.39 Å². The molecule has 2 N–H and O–H groups in total. The van der Waals surface area contributed by atoms with Crippen LogP contribution in [0.5, 0.6) is 0 Å². The van der Waals surface area contributed by atoms with Crippen LogP contribution in [0.3, 0.4) is 0 Å². The van der Waals surface area contributed by atoms with Gasteiger partial charge in [-0.05, 0) is 12.1 Å². The van der Waals surface area contributed by atoms with Crippen molar-refractivity contribution in [3.8, 4) is 0 Å². The maximum absolute atomic E-state index is 13.4. The molecule has 6 nitrogen and oxygen atoms in total. The van der Waals surface area contributed by atoms with Crippen LogP contribution in [0.1, 0.15) is 16.8 Å². The summed E-state index contributed by atoms with van der Waals surface area (Å²) in [6.07, 6.45) is -0.174. The Balaban J connectivity index is 2.06. The number of carbonyl (C=O) groups excluding carboxylic acids is 2. The third-order valence-electron chi connectivity index (χ3n) is 2.83. The van der Waals surface area contributed by atoms with E-state index in [-0.39, 0.29) is 18.5 Å². The predicted molar refractivity (Wildman–Crippen MR) is 61.3 cm³/mol. The second-order valence-electron chi connectivity index (χ2n) is 4.16. The van der Waals surface area contributed by atoms with Crippen LogP contribution in [-0.4, -0.2) is 34.4 Å². The van der Waals surface area contributed by atoms with Crippen LogP contribution < -0.4 is 5.43 Å². The van der Waals surface area contributed by atoms with Gasteiger partial charge >= 0.3 is 5.97 Å². The second-order valence-corrected chi connectivity index (χ2v) is 4.16. The summed E-state index contributed by atoms with van der Waals surface area (Å²) in [5.41, 5.74) is 2.01. The minimum absolute atomic E-state index is 0.117. The zero-order chi connectivity index (χ0) is 14.0. The van der Waals surface area contributed by atoms with Crippen molar-refractivity contribution >= 4 is 17.8 Å². The monoisotopic (exact) mass is 266 g/mol. The van der Waals surface area contributed by atoms with Crippen molar-refractivity contribution in [2.24, 2.45) is 5.92 Å². The second kappa shape index (κ2) is 5.05. The van der Waals surface area contributed by atoms with E-state index in [1.807, 2.05) is 0 Å². The summed E-state index contributed by atoms with van der Waals surface area (Å²) in [6.45, 7) is -0.117. The molecule has 0 aliphatic carbocycles. The lowest BCUT2D eigenvalue weighted by Crippen LogP contribution is -2.43. The maximum atomic E-state index is 13.4. The summed E-state index contributed by atoms with van der Waals surface area (Å²) in [6, 6.07) is 5.33. The molecule has 1 aliphatic rings. The summed E-state index contributed by atoms with van der Waals surface area (Å²) >= 11 is 0. The first-order valence-corrected chi connectivity index (χ1v) is 5.57. The van der Waals surface area contributed by atoms with Gasteiger partial charge in [0, 0.05) is 6.42 Å². The topological polar surface area (TPSA) is 86.7 Å². The molecule has 0 saturated carbocycles. The first kappa shape index (κ1) is 13.0. The standard InChI is InChI=1S/C12H11FN2O4/c13-9-4-2-1-3-8(9)11(17)14-15-6-7(12(18)19)5-10(15)16/h1-4,7H,5-6H2,(H,14,17)(H,18,19). The molecule has 1 atom stereocenters. The number of carbonyl (C=O) groups is 3. The van der Waals surface area contributed by atoms with Crippen molar-refractivity contribution in [2.75, 3.05) is 6.54 Å². The number of hydrogen-bond acceptors (Lipinski definition) is 3. The number of halogens is 1. The van der Waals surface area contributed by atoms with E-state index in [2.05, 4.69) is 5.43 Å². The van der Waals surface area contributed by atoms with Gasteiger partial charge in [0.15, 0.2) is 0 Å². The van der Waals surface area contributed by atoms with Crippen molar-refractivity contribution in [1.29, 1.82) is 0 Å². The number of carboxylic acid groups (broad SMARTS) is 1. The average molecular weight is 266 g/mol. The zero-order valence-corrected chi connectivity index (χ0v) is 9.80. The van der Waals surface area contributed by atoms with E-state index in [1.165, 1.54) is 18.2 Å². The Kier molecular flexibility index (Phi) is 3.46. The fourth-order valence-electron chi connectivity index (χ4n) is 1.81. The van der Waals surface area contributed by atoms with Crippen LogP contribution in [0.25, 0.3) is 0 Å². The van der Waals surface area contributed by atoms with Gasteiger partial charge in [0.2, 0.25) is 5.91 Å². The van der Waals surface area contributed by atoms with E-state index in [4.69, 9.17) is 5.11 Å². The minimum atomic E-state index is -1.10. The molecule has 0 aromatic heterocycles. The number of amides is 2. The average Bonchev–Trinajstić information content (AvgIpc) is 2.71. The fraction of sp³-hybridized carbons (Fsp3) is 0.250. The molecule has 0 bridgehead atoms. The number of benzene rings is 1. The zero-order valence-electron chi connectivity index (χ0n) is 9.80. The largest absolute Gasteiger partial charge is 0.481 e. The van der Waals surface area contributed by atoms with Gasteiger partial charge in [-0.15, -0.1) is 0 Å². The van der Waals surface area contributed by atoms with Gasteiger partial charge in [-0.2, -0.15) is 0 Å². The summed E-state index contributed by atoms with van der Waals surface area (Å²) < 4.78 is 13.4. The minimum Gasteiger partial charge on any atom is -0.481 e. The molecule has 1 aromatic rings. The molecule has 1 fully saturated rings. The summed E-state index contributed by atoms with van der Waals surface area (Å²) in [7, 11) is 0. The molecular formula is C12H11FN2O4. The quantitative estimate of drug-likeness (QED) is 0.829. The molecule has 0 spiro atoms. The van der Waals surface area contributed by atoms with Crippen LogP contribution >= 0.6 is 0 Å². The smallest absolute Gasteiger partial charge is 0.308 e. The highest BCUT2D eigenvalue weighted by atomic mass is 19.1. The number of hydrazine groups is 1. The van der Waals surface area contributed by atoms with Crippen molar-refractivity contribution in [3.63, 3.8) is 0 Å². The third kappa shape index (κ3) is 2.70. The van der Waals surface area contributed by atoms with E-state index in [1.54, 1.807) is 0 Å². The molecule has 1 unspecified atom stereocenters. The number of nitrogens with one attached hydrogen (secondary N) is 1. The molecule has 1 saturated heterocycles. The summed E-state index contributed by atoms with van der Waals surface area (Å²) in [4.78, 5) is 34.0. The van der Waals surface area contributed by atoms with Crippen molar-refractivity contribution < 1.29 is 23.9 Å². The van der Waals surface area contributed by atoms with Crippen molar-refractivity contribution in [2.45, 2.75) is 6.42 Å². The first-order chi connectivity index (χ1) is 8.99. The Labute approximate surface area is 107 Å². The number of hydrogen-bond donors (Lipinski definition) is 2. The SMILES string of the molecule is O=C(NN1CC(C(=O)O)CC1=O)c1ccccc1F. The first-order valence-electron chi connectivity index (χ1n) is 5.57. The number of rotatable bonds is 3. The van der Waals surface area contributed by atoms with Gasteiger partial charge in [-0.3, -0.25) is 24.8 Å². The van der Waals surface area contributed by atoms with Crippen LogP contribution in [0.2, 0.25) is 0 Å². The van der Waals surface area contributed by atoms with Gasteiger partial charge < -0.3 is 5.11 Å². The lowest BCUT2D eigenvalue weighted by molar-refractivity contribution is -0.141. The van der Waals surface area contributed by atoms with Crippen molar-refractivity contribution in [3.05, 3.63) is 35.6 Å². The van der Waals surface area contributed by atoms with Gasteiger partial charge in [0.05, 0.1) is 18.0 Å². The van der Waals surface area contributed by atoms with E-state index >= 15 is 0 Å². The molecular weight excluding hydrogens is 255 g/mol. The Morgan fingerprint density at radius 3 is 2.63 bits per heavy atom. The Morgan fingerprint density at radius 2 is 2.05 bits per heavy atom. The molecule has 0 radical (unpaired) electrons. The Hall–Kier alpha value is -2.44. The van der Waals surface area contributed by atoms with Gasteiger partial charge in [-0.1, -0.05) is 12.1 Å². The molecule has 2 rings (SSSR count). The summed E-state index contributed by atoms with van der Waals surface area (Å²) in [5, 5.41) is 9.70. The summed E-state index contributed by atoms with van der Waals surface area (Å²) in [5.74, 6) is -3.94. The fourth-order valence-corrected chi connectivity index (χ4v) is 1.81. The van der Waals surface area contributed by atoms with Crippen LogP contribution in [0, 0.1) is 11.7 Å². The molecule has 1 aromatic carbocycles. The number of aliphatic carboxylic acids is 1. The van der Waals surface area contributed by atoms with E-state index in [9.17, 15) is 18.8 Å². The predicted octanol–water partition coefficient (Wildman–Crippen LogP) is 0.404. The highest BCUT2D eigenvalue weighted by Crippen LogP contribution is 2.16. The Morgan fingerprint density at radius 1 is 1.37 bits per heavy atom. The maximum Gasteiger partial charge on any atom is 0.308 e. The lowest BCUT2D eigenvalue weighted by atomic mass is 10.1. The van der Waals surface area contributed by atoms with E-state index < -0.39 is 29.5 Å². The van der Waals surface area contributed by atoms with E-state index in [0.29, 0.717) is 0 Å². The Bertz CT molecular complexity index is 546. The van der Waals surface area contributed by atoms with Gasteiger partial charge in [0.25, 0.3) is 5.91 Å². The molecule has 2 amide bonds. The van der Waals surface area contributed by atoms with E-state index in [0.717, 1.165) is 11.1 Å². The van der Waals surface area contributed by atoms with Crippen LogP contribution in [0.4, 0.5) is 4.39 Å². The van der Waals surface area contributed by atoms with Gasteiger partial charge in [0.1, 0.15) is 5.82 Å². The number of nitrogens with zero attached hydrogens (tertiary/aromatic N) is 1. The highest BCUT2D eigenvalue weighted by molar-refractivity contribution is 5.96. The molecule has 1 aliphatic heterocycles.